The fourth-order valence-electron chi connectivity index (χ4n) is 0.313. The van der Waals surface area contributed by atoms with Crippen LogP contribution in [-0.4, -0.2) is 4.98 Å². The quantitative estimate of drug-likeness (QED) is 0.604. The van der Waals surface area contributed by atoms with Gasteiger partial charge in [0, 0.05) is 12.4 Å². The molecule has 9 heavy (non-hydrogen) atoms. The number of rotatable bonds is 0. The maximum atomic E-state index is 4.67. The average Bonchev–Trinajstić information content (AvgIpc) is 1.93. The Kier molecular flexibility index (Phi) is 8.48. The molecule has 4 heteroatoms. The molecule has 0 atom stereocenters. The molecule has 1 rings (SSSR count). The van der Waals surface area contributed by atoms with E-state index in [-0.39, 0.29) is 0 Å². The van der Waals surface area contributed by atoms with E-state index in [2.05, 4.69) is 25.2 Å². The Morgan fingerprint density at radius 3 is 1.56 bits per heavy atom. The molecule has 0 radical (unpaired) electrons. The Morgan fingerprint density at radius 2 is 1.44 bits per heavy atom. The summed E-state index contributed by atoms with van der Waals surface area (Å²) < 4.78 is 0. The topological polar surface area (TPSA) is 12.9 Å². The minimum atomic E-state index is 0.757. The summed E-state index contributed by atoms with van der Waals surface area (Å²) in [5.74, 6) is 0. The zero-order valence-electron chi connectivity index (χ0n) is 4.39. The van der Waals surface area contributed by atoms with Gasteiger partial charge in [-0.1, -0.05) is 6.07 Å². The number of halogens is 2. The van der Waals surface area contributed by atoms with Gasteiger partial charge < -0.3 is 0 Å². The molecule has 0 bridgehead atoms. The summed E-state index contributed by atoms with van der Waals surface area (Å²) in [5, 5.41) is 0. The van der Waals surface area contributed by atoms with Crippen molar-refractivity contribution < 1.29 is 13.1 Å². The van der Waals surface area contributed by atoms with E-state index in [9.17, 15) is 0 Å². The second kappa shape index (κ2) is 8.25. The van der Waals surface area contributed by atoms with Crippen LogP contribution < -0.4 is 0 Å². The molecule has 0 amide bonds. The molecule has 1 aromatic heterocycles. The number of hydrogen-bond acceptors (Lipinski definition) is 1. The van der Waals surface area contributed by atoms with Crippen LogP contribution in [0, 0.1) is 0 Å². The van der Waals surface area contributed by atoms with Crippen molar-refractivity contribution in [2.45, 2.75) is 0 Å². The van der Waals surface area contributed by atoms with Crippen molar-refractivity contribution in [1.29, 1.82) is 0 Å². The molecule has 0 saturated carbocycles. The Labute approximate surface area is 69.0 Å². The zero-order chi connectivity index (χ0) is 6.95. The van der Waals surface area contributed by atoms with Gasteiger partial charge in [-0.05, 0) is 12.1 Å². The van der Waals surface area contributed by atoms with Crippen LogP contribution in [0.5, 0.6) is 0 Å². The summed E-state index contributed by atoms with van der Waals surface area (Å²) in [6.07, 6.45) is 3.50. The van der Waals surface area contributed by atoms with Gasteiger partial charge in [-0.15, -0.1) is 0 Å². The van der Waals surface area contributed by atoms with Crippen molar-refractivity contribution in [1.82, 2.24) is 4.98 Å². The van der Waals surface area contributed by atoms with Gasteiger partial charge in [0.15, 0.2) is 0 Å². The Balaban J connectivity index is 0.000000187. The summed E-state index contributed by atoms with van der Waals surface area (Å²) in [6.45, 7) is 0. The summed E-state index contributed by atoms with van der Waals surface area (Å²) in [4.78, 5) is 3.78. The van der Waals surface area contributed by atoms with E-state index in [1.165, 1.54) is 0 Å². The first-order valence-electron chi connectivity index (χ1n) is 2.08. The van der Waals surface area contributed by atoms with Crippen molar-refractivity contribution >= 4 is 20.2 Å². The second-order valence-corrected chi connectivity index (χ2v) is 2.62. The zero-order valence-corrected chi connectivity index (χ0v) is 6.84. The molecule has 56 valence electrons. The first-order chi connectivity index (χ1) is 4.41. The fraction of sp³-hybridized carbons (Fsp3) is 0. The SMILES string of the molecule is [Cl][Cu-][Cl].c1ccncc1. The minimum Gasteiger partial charge on any atom is -0.265 e. The molecule has 1 aromatic rings. The largest absolute Gasteiger partial charge is 0.265 e. The fourth-order valence-corrected chi connectivity index (χ4v) is 0.313. The van der Waals surface area contributed by atoms with Crippen LogP contribution in [0.4, 0.5) is 0 Å². The molecule has 0 spiro atoms. The van der Waals surface area contributed by atoms with Crippen molar-refractivity contribution in [3.63, 3.8) is 0 Å². The van der Waals surface area contributed by atoms with E-state index in [4.69, 9.17) is 0 Å². The molecule has 0 unspecified atom stereocenters. The van der Waals surface area contributed by atoms with Gasteiger partial charge in [0.25, 0.3) is 0 Å². The maximum absolute atomic E-state index is 4.67. The number of aromatic nitrogens is 1. The second-order valence-electron chi connectivity index (χ2n) is 1.07. The molecule has 0 aliphatic carbocycles. The van der Waals surface area contributed by atoms with Gasteiger partial charge in [0.2, 0.25) is 0 Å². The van der Waals surface area contributed by atoms with Gasteiger partial charge in [-0.3, -0.25) is 4.98 Å². The summed E-state index contributed by atoms with van der Waals surface area (Å²) in [6, 6.07) is 5.72. The standard InChI is InChI=1S/C5H5N.2ClH.Cu/c1-2-4-6-5-3-1;;;/h1-5H;2*1H;/q;;;+1/p-2. The van der Waals surface area contributed by atoms with E-state index in [0.29, 0.717) is 0 Å². The van der Waals surface area contributed by atoms with Crippen LogP contribution in [0.15, 0.2) is 30.6 Å². The number of hydrogen-bond donors (Lipinski definition) is 0. The van der Waals surface area contributed by atoms with Crippen molar-refractivity contribution in [3.8, 4) is 0 Å². The van der Waals surface area contributed by atoms with Gasteiger partial charge in [0.05, 0.1) is 0 Å². The Morgan fingerprint density at radius 1 is 1.00 bits per heavy atom. The van der Waals surface area contributed by atoms with Gasteiger partial charge >= 0.3 is 33.3 Å². The molecule has 0 saturated heterocycles. The van der Waals surface area contributed by atoms with Crippen LogP contribution in [-0.2, 0) is 13.1 Å². The van der Waals surface area contributed by atoms with Gasteiger partial charge in [-0.2, -0.15) is 0 Å². The van der Waals surface area contributed by atoms with Crippen LogP contribution in [0.1, 0.15) is 0 Å². The van der Waals surface area contributed by atoms with Crippen LogP contribution in [0.2, 0.25) is 0 Å². The molecule has 0 N–H and O–H groups in total. The molecule has 0 aliphatic heterocycles. The van der Waals surface area contributed by atoms with Gasteiger partial charge in [-0.25, -0.2) is 0 Å². The minimum absolute atomic E-state index is 0.757. The predicted molar refractivity (Wildman–Crippen MR) is 35.9 cm³/mol. The summed E-state index contributed by atoms with van der Waals surface area (Å²) in [7, 11) is 9.34. The summed E-state index contributed by atoms with van der Waals surface area (Å²) >= 11 is 0.757. The Hall–Kier alpha value is 0.249. The molecule has 0 aromatic carbocycles. The van der Waals surface area contributed by atoms with Crippen LogP contribution in [0.25, 0.3) is 0 Å². The maximum Gasteiger partial charge on any atom is 0.0267 e. The average molecular weight is 214 g/mol. The molecule has 0 fully saturated rings. The third-order valence-corrected chi connectivity index (χ3v) is 0.566. The number of nitrogens with zero attached hydrogens (tertiary/aromatic N) is 1. The van der Waals surface area contributed by atoms with Crippen LogP contribution in [0.3, 0.4) is 0 Å². The van der Waals surface area contributed by atoms with Crippen molar-refractivity contribution in [2.75, 3.05) is 0 Å². The molecular formula is C5H5Cl2CuN-. The summed E-state index contributed by atoms with van der Waals surface area (Å²) in [5.41, 5.74) is 0. The first-order valence-corrected chi connectivity index (χ1v) is 4.67. The van der Waals surface area contributed by atoms with E-state index in [1.807, 2.05) is 18.2 Å². The third-order valence-electron chi connectivity index (χ3n) is 0.566. The molecule has 1 heterocycles. The Bertz CT molecular complexity index is 97.8. The first kappa shape index (κ1) is 9.25. The monoisotopic (exact) mass is 212 g/mol. The molecule has 1 nitrogen and oxygen atoms in total. The predicted octanol–water partition coefficient (Wildman–Crippen LogP) is 2.46. The molecular weight excluding hydrogens is 209 g/mol. The van der Waals surface area contributed by atoms with Crippen molar-refractivity contribution in [2.24, 2.45) is 0 Å². The molecule has 0 aliphatic rings. The van der Waals surface area contributed by atoms with E-state index in [1.54, 1.807) is 12.4 Å². The normalized spacial score (nSPS) is 7.78. The number of pyridine rings is 1. The third kappa shape index (κ3) is 8.25. The van der Waals surface area contributed by atoms with E-state index >= 15 is 0 Å². The van der Waals surface area contributed by atoms with E-state index < -0.39 is 0 Å². The van der Waals surface area contributed by atoms with Gasteiger partial charge in [0.1, 0.15) is 0 Å². The smallest absolute Gasteiger partial charge is 0.0267 e. The van der Waals surface area contributed by atoms with E-state index in [0.717, 1.165) is 13.1 Å². The van der Waals surface area contributed by atoms with Crippen LogP contribution >= 0.6 is 20.2 Å². The van der Waals surface area contributed by atoms with Crippen molar-refractivity contribution in [3.05, 3.63) is 30.6 Å².